The molecule has 0 aromatic carbocycles. The Morgan fingerprint density at radius 3 is 2.10 bits per heavy atom. The maximum absolute atomic E-state index is 11.2. The second-order valence-corrected chi connectivity index (χ2v) is 4.09. The second kappa shape index (κ2) is 13.4. The van der Waals surface area contributed by atoms with E-state index in [-0.39, 0.29) is 69.8 Å². The van der Waals surface area contributed by atoms with Crippen LogP contribution >= 0.6 is 0 Å². The molecule has 0 aliphatic heterocycles. The minimum atomic E-state index is -0.832. The van der Waals surface area contributed by atoms with Crippen LogP contribution in [0.2, 0.25) is 0 Å². The summed E-state index contributed by atoms with van der Waals surface area (Å²) in [5, 5.41) is 8.41. The van der Waals surface area contributed by atoms with E-state index in [4.69, 9.17) is 14.6 Å². The molecule has 0 unspecified atom stereocenters. The summed E-state index contributed by atoms with van der Waals surface area (Å²) in [7, 11) is 0. The van der Waals surface area contributed by atoms with Crippen LogP contribution in [-0.4, -0.2) is 74.0 Å². The number of hydrogen-bond acceptors (Lipinski definition) is 5. The molecule has 0 aromatic rings. The van der Waals surface area contributed by atoms with E-state index >= 15 is 0 Å². The molecule has 7 heteroatoms. The Balaban J connectivity index is 0. The van der Waals surface area contributed by atoms with Crippen LogP contribution in [-0.2, 0) is 23.9 Å². The Morgan fingerprint density at radius 1 is 1.00 bits per heavy atom. The van der Waals surface area contributed by atoms with Crippen LogP contribution in [0.1, 0.15) is 39.0 Å². The van der Waals surface area contributed by atoms with Crippen molar-refractivity contribution in [2.24, 2.45) is 0 Å². The van der Waals surface area contributed by atoms with Gasteiger partial charge in [0.25, 0.3) is 0 Å². The third-order valence-electron chi connectivity index (χ3n) is 2.20. The molecule has 0 fully saturated rings. The van der Waals surface area contributed by atoms with Gasteiger partial charge in [0.05, 0.1) is 0 Å². The third kappa shape index (κ3) is 13.8. The van der Waals surface area contributed by atoms with Gasteiger partial charge in [0, 0.05) is 18.4 Å². The van der Waals surface area contributed by atoms with Gasteiger partial charge in [-0.2, -0.15) is 0 Å². The Kier molecular flexibility index (Phi) is 14.5. The zero-order chi connectivity index (χ0) is 14.7. The van der Waals surface area contributed by atoms with Gasteiger partial charge in [0.1, 0.15) is 13.2 Å². The number of hydrogen-bond donors (Lipinski definition) is 1. The molecule has 0 saturated heterocycles. The SMILES string of the molecule is C=C(C)C(=O)OCCOC(=O)CCCCCC(=O)O.[CaH2]. The fourth-order valence-corrected chi connectivity index (χ4v) is 1.21. The van der Waals surface area contributed by atoms with E-state index < -0.39 is 11.9 Å². The van der Waals surface area contributed by atoms with E-state index in [1.165, 1.54) is 6.92 Å². The molecule has 0 saturated carbocycles. The van der Waals surface area contributed by atoms with E-state index in [9.17, 15) is 14.4 Å². The normalized spacial score (nSPS) is 9.25. The van der Waals surface area contributed by atoms with Crippen LogP contribution in [0, 0.1) is 0 Å². The van der Waals surface area contributed by atoms with Crippen molar-refractivity contribution in [2.45, 2.75) is 39.0 Å². The molecule has 0 aliphatic carbocycles. The number of ether oxygens (including phenoxy) is 2. The Bertz CT molecular complexity index is 340. The molecule has 0 heterocycles. The fraction of sp³-hybridized carbons (Fsp3) is 0.615. The van der Waals surface area contributed by atoms with Gasteiger partial charge in [-0.05, 0) is 19.8 Å². The summed E-state index contributed by atoms with van der Waals surface area (Å²) in [6.45, 7) is 4.98. The van der Waals surface area contributed by atoms with Crippen molar-refractivity contribution in [1.82, 2.24) is 0 Å². The topological polar surface area (TPSA) is 89.9 Å². The van der Waals surface area contributed by atoms with Crippen molar-refractivity contribution in [3.8, 4) is 0 Å². The minimum absolute atomic E-state index is 0. The molecule has 6 nitrogen and oxygen atoms in total. The Labute approximate surface area is 148 Å². The van der Waals surface area contributed by atoms with Crippen LogP contribution in [0.4, 0.5) is 0 Å². The first-order chi connectivity index (χ1) is 8.93. The number of carboxylic acids is 1. The molecule has 0 spiro atoms. The molecular weight excluding hydrogens is 292 g/mol. The predicted molar refractivity (Wildman–Crippen MR) is 76.0 cm³/mol. The van der Waals surface area contributed by atoms with Crippen molar-refractivity contribution < 1.29 is 29.0 Å². The van der Waals surface area contributed by atoms with E-state index in [1.807, 2.05) is 0 Å². The summed E-state index contributed by atoms with van der Waals surface area (Å²) >= 11 is 0. The van der Waals surface area contributed by atoms with Gasteiger partial charge in [-0.15, -0.1) is 0 Å². The van der Waals surface area contributed by atoms with Gasteiger partial charge in [-0.1, -0.05) is 13.0 Å². The summed E-state index contributed by atoms with van der Waals surface area (Å²) < 4.78 is 9.58. The van der Waals surface area contributed by atoms with Gasteiger partial charge < -0.3 is 14.6 Å². The molecule has 0 aromatic heterocycles. The van der Waals surface area contributed by atoms with Crippen molar-refractivity contribution in [1.29, 1.82) is 0 Å². The number of rotatable bonds is 10. The first-order valence-electron chi connectivity index (χ1n) is 6.13. The predicted octanol–water partition coefficient (Wildman–Crippen LogP) is 0.768. The number of esters is 2. The Hall–Kier alpha value is -0.590. The molecule has 0 amide bonds. The van der Waals surface area contributed by atoms with Crippen LogP contribution < -0.4 is 0 Å². The molecule has 0 bridgehead atoms. The molecule has 1 N–H and O–H groups in total. The van der Waals surface area contributed by atoms with Crippen molar-refractivity contribution in [2.75, 3.05) is 13.2 Å². The standard InChI is InChI=1S/C13H20O6.Ca.2H/c1-10(2)13(17)19-9-8-18-12(16)7-5-3-4-6-11(14)15;;;/h1,3-9H2,2H3,(H,14,15);;;. The summed E-state index contributed by atoms with van der Waals surface area (Å²) in [4.78, 5) is 32.4. The molecule has 0 rings (SSSR count). The van der Waals surface area contributed by atoms with Gasteiger partial charge in [-0.25, -0.2) is 4.79 Å². The number of unbranched alkanes of at least 4 members (excludes halogenated alkanes) is 2. The Morgan fingerprint density at radius 2 is 1.55 bits per heavy atom. The number of aliphatic carboxylic acids is 1. The van der Waals surface area contributed by atoms with Crippen molar-refractivity contribution >= 4 is 55.6 Å². The summed E-state index contributed by atoms with van der Waals surface area (Å²) in [5.41, 5.74) is 0.296. The van der Waals surface area contributed by atoms with Crippen molar-refractivity contribution in [3.63, 3.8) is 0 Å². The summed E-state index contributed by atoms with van der Waals surface area (Å²) in [5.74, 6) is -1.71. The summed E-state index contributed by atoms with van der Waals surface area (Å²) in [6.07, 6.45) is 2.18. The molecule has 0 atom stereocenters. The first-order valence-corrected chi connectivity index (χ1v) is 6.13. The van der Waals surface area contributed by atoms with E-state index in [0.29, 0.717) is 24.8 Å². The molecule has 0 radical (unpaired) electrons. The molecule has 20 heavy (non-hydrogen) atoms. The van der Waals surface area contributed by atoms with Crippen LogP contribution in [0.3, 0.4) is 0 Å². The average Bonchev–Trinajstić information content (AvgIpc) is 2.33. The van der Waals surface area contributed by atoms with Crippen LogP contribution in [0.25, 0.3) is 0 Å². The zero-order valence-corrected chi connectivity index (χ0v) is 11.1. The number of carbonyl (C=O) groups is 3. The monoisotopic (exact) mass is 314 g/mol. The van der Waals surface area contributed by atoms with Gasteiger partial charge in [0.2, 0.25) is 0 Å². The van der Waals surface area contributed by atoms with Gasteiger partial charge in [0.15, 0.2) is 0 Å². The second-order valence-electron chi connectivity index (χ2n) is 4.09. The van der Waals surface area contributed by atoms with Gasteiger partial charge >= 0.3 is 55.6 Å². The summed E-state index contributed by atoms with van der Waals surface area (Å²) in [6, 6.07) is 0. The van der Waals surface area contributed by atoms with Crippen LogP contribution in [0.5, 0.6) is 0 Å². The molecular formula is C13H22CaO6. The van der Waals surface area contributed by atoms with Crippen molar-refractivity contribution in [3.05, 3.63) is 12.2 Å². The van der Waals surface area contributed by atoms with Gasteiger partial charge in [-0.3, -0.25) is 9.59 Å². The first kappa shape index (κ1) is 21.7. The molecule has 112 valence electrons. The number of carbonyl (C=O) groups excluding carboxylic acids is 2. The van der Waals surface area contributed by atoms with E-state index in [0.717, 1.165) is 0 Å². The van der Waals surface area contributed by atoms with E-state index in [1.54, 1.807) is 0 Å². The quantitative estimate of drug-likeness (QED) is 0.277. The maximum atomic E-state index is 11.2. The van der Waals surface area contributed by atoms with Crippen LogP contribution in [0.15, 0.2) is 12.2 Å². The number of carboxylic acid groups (broad SMARTS) is 1. The third-order valence-corrected chi connectivity index (χ3v) is 2.20. The average molecular weight is 314 g/mol. The zero-order valence-electron chi connectivity index (χ0n) is 11.1. The van der Waals surface area contributed by atoms with E-state index in [2.05, 4.69) is 6.58 Å². The fourth-order valence-electron chi connectivity index (χ4n) is 1.21. The molecule has 0 aliphatic rings.